The third-order valence-electron chi connectivity index (χ3n) is 5.95. The number of benzene rings is 1. The Kier molecular flexibility index (Phi) is 5.76. The third-order valence-corrected chi connectivity index (χ3v) is 6.86. The molecule has 32 heavy (non-hydrogen) atoms. The Labute approximate surface area is 190 Å². The van der Waals surface area contributed by atoms with Crippen molar-refractivity contribution in [2.45, 2.75) is 43.7 Å². The van der Waals surface area contributed by atoms with Gasteiger partial charge in [0.1, 0.15) is 22.6 Å². The van der Waals surface area contributed by atoms with Gasteiger partial charge in [-0.15, -0.1) is 0 Å². The van der Waals surface area contributed by atoms with E-state index < -0.39 is 17.4 Å². The highest BCUT2D eigenvalue weighted by atomic mass is 32.2. The van der Waals surface area contributed by atoms with E-state index in [9.17, 15) is 20.0 Å². The molecule has 0 radical (unpaired) electrons. The van der Waals surface area contributed by atoms with E-state index in [1.54, 1.807) is 50.2 Å². The standard InChI is InChI=1S/C25H22N2O4S/c1-14-20-17(12-25(3,30)22(15(2)28)21(20)19-10-7-11-31-19)18(13-26)23(27-14)32-24(29)16-8-5-4-6-9-16/h4-11,21-22,30H,12H2,1-3H3. The molecule has 3 atom stereocenters. The van der Waals surface area contributed by atoms with Gasteiger partial charge in [0.25, 0.3) is 0 Å². The second-order valence-electron chi connectivity index (χ2n) is 8.25. The maximum Gasteiger partial charge on any atom is 0.225 e. The topological polar surface area (TPSA) is 104 Å². The van der Waals surface area contributed by atoms with E-state index in [4.69, 9.17) is 4.42 Å². The number of aromatic nitrogens is 1. The summed E-state index contributed by atoms with van der Waals surface area (Å²) < 4.78 is 5.65. The van der Waals surface area contributed by atoms with Crippen molar-refractivity contribution >= 4 is 22.7 Å². The number of nitriles is 1. The number of aliphatic hydroxyl groups is 1. The number of aryl methyl sites for hydroxylation is 1. The molecule has 2 aromatic heterocycles. The Bertz CT molecular complexity index is 1230. The average Bonchev–Trinajstić information content (AvgIpc) is 3.27. The summed E-state index contributed by atoms with van der Waals surface area (Å²) in [5, 5.41) is 21.4. The molecule has 3 unspecified atom stereocenters. The van der Waals surface area contributed by atoms with Crippen LogP contribution in [0.25, 0.3) is 0 Å². The number of nitrogens with zero attached hydrogens (tertiary/aromatic N) is 2. The second-order valence-corrected chi connectivity index (χ2v) is 9.21. The van der Waals surface area contributed by atoms with Gasteiger partial charge in [0.15, 0.2) is 0 Å². The molecule has 162 valence electrons. The zero-order valence-electron chi connectivity index (χ0n) is 18.0. The molecular formula is C25H22N2O4S. The summed E-state index contributed by atoms with van der Waals surface area (Å²) in [5.74, 6) is -0.971. The highest BCUT2D eigenvalue weighted by molar-refractivity contribution is 8.14. The van der Waals surface area contributed by atoms with Crippen LogP contribution >= 0.6 is 11.8 Å². The normalized spacial score (nSPS) is 22.1. The molecule has 1 N–H and O–H groups in total. The Morgan fingerprint density at radius 3 is 2.56 bits per heavy atom. The molecule has 0 aliphatic heterocycles. The van der Waals surface area contributed by atoms with Crippen molar-refractivity contribution in [3.8, 4) is 6.07 Å². The van der Waals surface area contributed by atoms with Gasteiger partial charge in [0, 0.05) is 17.7 Å². The molecule has 0 fully saturated rings. The molecule has 2 heterocycles. The van der Waals surface area contributed by atoms with Crippen molar-refractivity contribution in [2.75, 3.05) is 0 Å². The number of Topliss-reactive ketones (excluding diaryl/α,β-unsaturated/α-hetero) is 1. The number of fused-ring (bicyclic) bond motifs is 1. The average molecular weight is 447 g/mol. The molecule has 0 saturated heterocycles. The largest absolute Gasteiger partial charge is 0.469 e. The van der Waals surface area contributed by atoms with E-state index in [1.807, 2.05) is 6.07 Å². The first-order valence-corrected chi connectivity index (χ1v) is 11.0. The molecule has 4 rings (SSSR count). The van der Waals surface area contributed by atoms with Gasteiger partial charge in [-0.25, -0.2) is 4.98 Å². The smallest absolute Gasteiger partial charge is 0.225 e. The third kappa shape index (κ3) is 3.77. The number of carbonyl (C=O) groups is 2. The Balaban J connectivity index is 1.89. The zero-order chi connectivity index (χ0) is 23.0. The SMILES string of the molecule is CC(=O)C1C(c2ccco2)c2c(C)nc(SC(=O)c3ccccc3)c(C#N)c2CC1(C)O. The first-order valence-electron chi connectivity index (χ1n) is 10.2. The lowest BCUT2D eigenvalue weighted by atomic mass is 9.64. The number of thioether (sulfide) groups is 1. The van der Waals surface area contributed by atoms with Gasteiger partial charge in [0.2, 0.25) is 5.12 Å². The van der Waals surface area contributed by atoms with Crippen molar-refractivity contribution in [2.24, 2.45) is 5.92 Å². The van der Waals surface area contributed by atoms with E-state index in [0.717, 1.165) is 11.8 Å². The summed E-state index contributed by atoms with van der Waals surface area (Å²) >= 11 is 0.896. The number of pyridine rings is 1. The summed E-state index contributed by atoms with van der Waals surface area (Å²) in [4.78, 5) is 30.0. The summed E-state index contributed by atoms with van der Waals surface area (Å²) in [6, 6.07) is 14.5. The molecule has 7 heteroatoms. The van der Waals surface area contributed by atoms with Crippen molar-refractivity contribution < 1.29 is 19.1 Å². The zero-order valence-corrected chi connectivity index (χ0v) is 18.8. The summed E-state index contributed by atoms with van der Waals surface area (Å²) in [5.41, 5.74) is 1.27. The highest BCUT2D eigenvalue weighted by Crippen LogP contribution is 2.49. The van der Waals surface area contributed by atoms with Crippen LogP contribution in [0.1, 0.15) is 58.3 Å². The summed E-state index contributed by atoms with van der Waals surface area (Å²) in [6.07, 6.45) is 1.62. The fourth-order valence-corrected chi connectivity index (χ4v) is 5.58. The van der Waals surface area contributed by atoms with Crippen LogP contribution in [-0.2, 0) is 11.2 Å². The minimum Gasteiger partial charge on any atom is -0.469 e. The van der Waals surface area contributed by atoms with Crippen LogP contribution in [0.5, 0.6) is 0 Å². The van der Waals surface area contributed by atoms with Gasteiger partial charge in [-0.2, -0.15) is 5.26 Å². The number of furan rings is 1. The Morgan fingerprint density at radius 1 is 1.25 bits per heavy atom. The first kappa shape index (κ1) is 22.0. The number of rotatable bonds is 4. The van der Waals surface area contributed by atoms with Crippen LogP contribution in [0.3, 0.4) is 0 Å². The number of hydrogen-bond acceptors (Lipinski definition) is 7. The van der Waals surface area contributed by atoms with Crippen molar-refractivity contribution in [1.82, 2.24) is 4.98 Å². The monoisotopic (exact) mass is 446 g/mol. The van der Waals surface area contributed by atoms with Gasteiger partial charge in [-0.05, 0) is 55.8 Å². The van der Waals surface area contributed by atoms with Gasteiger partial charge in [0.05, 0.1) is 29.3 Å². The number of carbonyl (C=O) groups excluding carboxylic acids is 2. The lowest BCUT2D eigenvalue weighted by Gasteiger charge is -2.42. The minimum absolute atomic E-state index is 0.100. The van der Waals surface area contributed by atoms with Crippen LogP contribution in [0.15, 0.2) is 58.2 Å². The fourth-order valence-electron chi connectivity index (χ4n) is 4.70. The predicted molar refractivity (Wildman–Crippen MR) is 119 cm³/mol. The van der Waals surface area contributed by atoms with Crippen molar-refractivity contribution in [1.29, 1.82) is 5.26 Å². The second kappa shape index (κ2) is 8.38. The summed E-state index contributed by atoms with van der Waals surface area (Å²) in [6.45, 7) is 4.86. The Morgan fingerprint density at radius 2 is 1.97 bits per heavy atom. The number of ketones is 1. The minimum atomic E-state index is -1.40. The molecule has 3 aromatic rings. The molecule has 0 bridgehead atoms. The molecule has 6 nitrogen and oxygen atoms in total. The molecule has 1 aliphatic rings. The number of hydrogen-bond donors (Lipinski definition) is 1. The predicted octanol–water partition coefficient (Wildman–Crippen LogP) is 4.43. The van der Waals surface area contributed by atoms with Gasteiger partial charge in [-0.1, -0.05) is 30.3 Å². The molecular weight excluding hydrogens is 424 g/mol. The van der Waals surface area contributed by atoms with E-state index in [-0.39, 0.29) is 22.9 Å². The maximum atomic E-state index is 12.8. The van der Waals surface area contributed by atoms with E-state index >= 15 is 0 Å². The van der Waals surface area contributed by atoms with E-state index in [1.165, 1.54) is 13.2 Å². The molecule has 0 spiro atoms. The lowest BCUT2D eigenvalue weighted by Crippen LogP contribution is -2.48. The van der Waals surface area contributed by atoms with Crippen LogP contribution in [0.4, 0.5) is 0 Å². The Hall–Kier alpha value is -3.21. The lowest BCUT2D eigenvalue weighted by molar-refractivity contribution is -0.131. The summed E-state index contributed by atoms with van der Waals surface area (Å²) in [7, 11) is 0. The molecule has 1 aliphatic carbocycles. The first-order chi connectivity index (χ1) is 15.2. The highest BCUT2D eigenvalue weighted by Gasteiger charge is 2.50. The van der Waals surface area contributed by atoms with E-state index in [0.29, 0.717) is 33.2 Å². The maximum absolute atomic E-state index is 12.8. The van der Waals surface area contributed by atoms with Crippen molar-refractivity contribution in [3.05, 3.63) is 82.4 Å². The van der Waals surface area contributed by atoms with Crippen LogP contribution in [0.2, 0.25) is 0 Å². The molecule has 0 amide bonds. The van der Waals surface area contributed by atoms with Crippen LogP contribution in [-0.4, -0.2) is 26.6 Å². The van der Waals surface area contributed by atoms with Gasteiger partial charge >= 0.3 is 0 Å². The van der Waals surface area contributed by atoms with Crippen LogP contribution < -0.4 is 0 Å². The fraction of sp³-hybridized carbons (Fsp3) is 0.280. The molecule has 0 saturated carbocycles. The van der Waals surface area contributed by atoms with E-state index in [2.05, 4.69) is 11.1 Å². The van der Waals surface area contributed by atoms with Gasteiger partial charge in [-0.3, -0.25) is 9.59 Å². The van der Waals surface area contributed by atoms with Crippen molar-refractivity contribution in [3.63, 3.8) is 0 Å². The molecule has 1 aromatic carbocycles. The van der Waals surface area contributed by atoms with Crippen LogP contribution in [0, 0.1) is 24.2 Å². The quantitative estimate of drug-likeness (QED) is 0.591. The van der Waals surface area contributed by atoms with Gasteiger partial charge < -0.3 is 9.52 Å².